The molecule has 0 fully saturated rings. The minimum absolute atomic E-state index is 0.180. The molecule has 0 bridgehead atoms. The van der Waals surface area contributed by atoms with E-state index in [1.54, 1.807) is 23.4 Å². The zero-order chi connectivity index (χ0) is 25.8. The summed E-state index contributed by atoms with van der Waals surface area (Å²) in [6.07, 6.45) is 5.31. The molecule has 0 radical (unpaired) electrons. The number of aryl methyl sites for hydroxylation is 1. The van der Waals surface area contributed by atoms with E-state index in [2.05, 4.69) is 32.5 Å². The number of nitrogens with one attached hydrogen (secondary N) is 1. The lowest BCUT2D eigenvalue weighted by atomic mass is 10.0. The summed E-state index contributed by atoms with van der Waals surface area (Å²) in [7, 11) is 3.16. The van der Waals surface area contributed by atoms with E-state index in [0.717, 1.165) is 40.9 Å². The van der Waals surface area contributed by atoms with Crippen molar-refractivity contribution < 1.29 is 9.47 Å². The Hall–Kier alpha value is -4.73. The summed E-state index contributed by atoms with van der Waals surface area (Å²) in [4.78, 5) is 18.3. The summed E-state index contributed by atoms with van der Waals surface area (Å²) < 4.78 is 14.4. The number of pyridine rings is 1. The van der Waals surface area contributed by atoms with Gasteiger partial charge in [-0.3, -0.25) is 14.1 Å². The molecule has 3 heterocycles. The highest BCUT2D eigenvalue weighted by Gasteiger charge is 2.19. The first kappa shape index (κ1) is 24.0. The van der Waals surface area contributed by atoms with Gasteiger partial charge in [0.1, 0.15) is 17.2 Å². The highest BCUT2D eigenvalue weighted by molar-refractivity contribution is 5.79. The van der Waals surface area contributed by atoms with E-state index in [4.69, 9.17) is 9.47 Å². The molecular weight excluding hydrogens is 470 g/mol. The van der Waals surface area contributed by atoms with Gasteiger partial charge < -0.3 is 9.47 Å². The number of para-hydroxylation sites is 1. The van der Waals surface area contributed by atoms with Gasteiger partial charge in [0.2, 0.25) is 0 Å². The lowest BCUT2D eigenvalue weighted by molar-refractivity contribution is 0.390. The minimum atomic E-state index is -0.180. The van der Waals surface area contributed by atoms with E-state index in [1.807, 2.05) is 67.0 Å². The molecule has 0 amide bonds. The second-order valence-corrected chi connectivity index (χ2v) is 8.45. The van der Waals surface area contributed by atoms with Gasteiger partial charge in [0, 0.05) is 29.2 Å². The summed E-state index contributed by atoms with van der Waals surface area (Å²) in [5.74, 6) is 1.71. The lowest BCUT2D eigenvalue weighted by Gasteiger charge is -2.12. The van der Waals surface area contributed by atoms with Crippen molar-refractivity contribution in [3.8, 4) is 39.7 Å². The number of hydrogen-bond donors (Lipinski definition) is 1. The fourth-order valence-corrected chi connectivity index (χ4v) is 4.43. The number of benzene rings is 2. The highest BCUT2D eigenvalue weighted by Crippen LogP contribution is 2.32. The number of tetrazole rings is 1. The van der Waals surface area contributed by atoms with Crippen LogP contribution >= 0.6 is 0 Å². The predicted molar refractivity (Wildman–Crippen MR) is 139 cm³/mol. The average Bonchev–Trinajstić information content (AvgIpc) is 3.58. The first-order valence-corrected chi connectivity index (χ1v) is 12.0. The van der Waals surface area contributed by atoms with Crippen molar-refractivity contribution in [1.29, 1.82) is 0 Å². The molecule has 37 heavy (non-hydrogen) atoms. The number of rotatable bonds is 9. The first-order chi connectivity index (χ1) is 18.1. The molecule has 0 aliphatic carbocycles. The molecule has 5 aromatic rings. The number of ether oxygens (including phenoxy) is 2. The van der Waals surface area contributed by atoms with E-state index >= 15 is 0 Å². The summed E-state index contributed by atoms with van der Waals surface area (Å²) in [5.41, 5.74) is 4.84. The third kappa shape index (κ3) is 4.61. The zero-order valence-corrected chi connectivity index (χ0v) is 20.9. The largest absolute Gasteiger partial charge is 0.494 e. The fraction of sp³-hybridized carbons (Fsp3) is 0.222. The monoisotopic (exact) mass is 497 g/mol. The van der Waals surface area contributed by atoms with E-state index in [0.29, 0.717) is 29.6 Å². The van der Waals surface area contributed by atoms with Gasteiger partial charge in [0.05, 0.1) is 26.5 Å². The third-order valence-electron chi connectivity index (χ3n) is 6.19. The summed E-state index contributed by atoms with van der Waals surface area (Å²) in [6.45, 7) is 2.43. The summed E-state index contributed by atoms with van der Waals surface area (Å²) in [5, 5.41) is 14.2. The molecular formula is C27H27N7O3. The second kappa shape index (κ2) is 10.5. The van der Waals surface area contributed by atoms with Crippen molar-refractivity contribution in [2.24, 2.45) is 0 Å². The minimum Gasteiger partial charge on any atom is -0.494 e. The molecule has 0 saturated heterocycles. The average molecular weight is 498 g/mol. The second-order valence-electron chi connectivity index (χ2n) is 8.45. The van der Waals surface area contributed by atoms with E-state index in [-0.39, 0.29) is 5.69 Å². The molecule has 0 aliphatic heterocycles. The van der Waals surface area contributed by atoms with Gasteiger partial charge >= 0.3 is 5.69 Å². The third-order valence-corrected chi connectivity index (χ3v) is 6.19. The van der Waals surface area contributed by atoms with Crippen molar-refractivity contribution in [2.75, 3.05) is 14.2 Å². The van der Waals surface area contributed by atoms with Crippen LogP contribution in [0.25, 0.3) is 28.2 Å². The summed E-state index contributed by atoms with van der Waals surface area (Å²) >= 11 is 0. The van der Waals surface area contributed by atoms with E-state index in [1.165, 1.54) is 0 Å². The van der Waals surface area contributed by atoms with Crippen LogP contribution in [-0.2, 0) is 13.0 Å². The smallest absolute Gasteiger partial charge is 0.333 e. The number of methoxy groups -OCH3 is 2. The Bertz CT molecular complexity index is 1530. The van der Waals surface area contributed by atoms with Crippen molar-refractivity contribution in [2.45, 2.75) is 26.3 Å². The maximum Gasteiger partial charge on any atom is 0.333 e. The number of hydrogen-bond acceptors (Lipinski definition) is 7. The standard InChI is InChI=1S/C27H27N7O3/c1-4-8-20-17-34(25-23(36-2)11-7-12-24(25)37-3)27(35)33(20)16-19-14-13-18(15-28-19)21-9-5-6-10-22(21)26-29-31-32-30-26/h5-7,9-15,17H,4,8,16H2,1-3H3,(H,29,30,31,32). The van der Waals surface area contributed by atoms with Crippen LogP contribution < -0.4 is 15.2 Å². The number of aromatic amines is 1. The van der Waals surface area contributed by atoms with Crippen molar-refractivity contribution in [3.63, 3.8) is 0 Å². The molecule has 188 valence electrons. The van der Waals surface area contributed by atoms with E-state index in [9.17, 15) is 4.79 Å². The topological polar surface area (TPSA) is 113 Å². The number of imidazole rings is 1. The van der Waals surface area contributed by atoms with Crippen molar-refractivity contribution in [3.05, 3.63) is 88.9 Å². The van der Waals surface area contributed by atoms with Gasteiger partial charge in [0.15, 0.2) is 5.82 Å². The van der Waals surface area contributed by atoms with Gasteiger partial charge in [-0.05, 0) is 40.6 Å². The van der Waals surface area contributed by atoms with E-state index < -0.39 is 0 Å². The Labute approximate surface area is 213 Å². The summed E-state index contributed by atoms with van der Waals surface area (Å²) in [6, 6.07) is 17.2. The molecule has 1 N–H and O–H groups in total. The van der Waals surface area contributed by atoms with Crippen LogP contribution in [-0.4, -0.2) is 49.0 Å². The normalized spacial score (nSPS) is 11.0. The Morgan fingerprint density at radius 3 is 2.32 bits per heavy atom. The van der Waals surface area contributed by atoms with Crippen molar-refractivity contribution in [1.82, 2.24) is 34.7 Å². The Morgan fingerprint density at radius 2 is 1.70 bits per heavy atom. The van der Waals surface area contributed by atoms with Crippen LogP contribution in [0.1, 0.15) is 24.7 Å². The number of nitrogens with zero attached hydrogens (tertiary/aromatic N) is 6. The lowest BCUT2D eigenvalue weighted by Crippen LogP contribution is -2.25. The Balaban J connectivity index is 1.51. The van der Waals surface area contributed by atoms with Gasteiger partial charge in [-0.2, -0.15) is 0 Å². The maximum atomic E-state index is 13.6. The molecule has 5 rings (SSSR count). The predicted octanol–water partition coefficient (Wildman–Crippen LogP) is 3.90. The van der Waals surface area contributed by atoms with Crippen LogP contribution in [0.5, 0.6) is 11.5 Å². The first-order valence-electron chi connectivity index (χ1n) is 12.0. The molecule has 0 atom stereocenters. The molecule has 3 aromatic heterocycles. The maximum absolute atomic E-state index is 13.6. The Morgan fingerprint density at radius 1 is 0.946 bits per heavy atom. The molecule has 0 aliphatic rings. The molecule has 2 aromatic carbocycles. The van der Waals surface area contributed by atoms with Gasteiger partial charge in [-0.25, -0.2) is 9.89 Å². The molecule has 0 unspecified atom stereocenters. The van der Waals surface area contributed by atoms with Crippen LogP contribution in [0.4, 0.5) is 0 Å². The molecule has 10 heteroatoms. The van der Waals surface area contributed by atoms with Crippen LogP contribution in [0, 0.1) is 0 Å². The molecule has 0 saturated carbocycles. The van der Waals surface area contributed by atoms with Gasteiger partial charge in [-0.1, -0.05) is 49.7 Å². The highest BCUT2D eigenvalue weighted by atomic mass is 16.5. The Kier molecular flexibility index (Phi) is 6.80. The van der Waals surface area contributed by atoms with Crippen LogP contribution in [0.2, 0.25) is 0 Å². The van der Waals surface area contributed by atoms with Gasteiger partial charge in [-0.15, -0.1) is 5.10 Å². The van der Waals surface area contributed by atoms with Crippen LogP contribution in [0.3, 0.4) is 0 Å². The van der Waals surface area contributed by atoms with Crippen molar-refractivity contribution >= 4 is 0 Å². The van der Waals surface area contributed by atoms with Crippen LogP contribution in [0.15, 0.2) is 71.8 Å². The quantitative estimate of drug-likeness (QED) is 0.329. The zero-order valence-electron chi connectivity index (χ0n) is 20.9. The molecule has 10 nitrogen and oxygen atoms in total. The van der Waals surface area contributed by atoms with Gasteiger partial charge in [0.25, 0.3) is 0 Å². The molecule has 0 spiro atoms. The SMILES string of the molecule is CCCc1cn(-c2c(OC)cccc2OC)c(=O)n1Cc1ccc(-c2ccccc2-c2nnn[nH]2)cn1. The number of H-pyrrole nitrogens is 1. The fourth-order valence-electron chi connectivity index (χ4n) is 4.43. The number of aromatic nitrogens is 7.